The van der Waals surface area contributed by atoms with Crippen molar-refractivity contribution in [2.75, 3.05) is 45.9 Å². The first-order valence-corrected chi connectivity index (χ1v) is 13.7. The fourth-order valence-electron chi connectivity index (χ4n) is 4.64. The van der Waals surface area contributed by atoms with Gasteiger partial charge in [0.15, 0.2) is 0 Å². The molecule has 1 atom stereocenters. The van der Waals surface area contributed by atoms with E-state index in [4.69, 9.17) is 4.74 Å². The highest BCUT2D eigenvalue weighted by atomic mass is 32.2. The lowest BCUT2D eigenvalue weighted by molar-refractivity contribution is -0.139. The average molecular weight is 531 g/mol. The van der Waals surface area contributed by atoms with Gasteiger partial charge in [0.05, 0.1) is 23.1 Å². The highest BCUT2D eigenvalue weighted by Crippen LogP contribution is 2.32. The number of likely N-dealkylation sites (N-methyl/N-ethyl adjacent to an activating group) is 1. The van der Waals surface area contributed by atoms with Crippen LogP contribution in [0.3, 0.4) is 0 Å². The summed E-state index contributed by atoms with van der Waals surface area (Å²) in [6.07, 6.45) is 0. The normalized spacial score (nSPS) is 19.6. The lowest BCUT2D eigenvalue weighted by Crippen LogP contribution is -2.53. The largest absolute Gasteiger partial charge is 0.463 e. The molecule has 1 fully saturated rings. The van der Waals surface area contributed by atoms with Crippen LogP contribution >= 0.6 is 0 Å². The Kier molecular flexibility index (Phi) is 8.25. The first kappa shape index (κ1) is 26.8. The molecule has 0 saturated carbocycles. The lowest BCUT2D eigenvalue weighted by Gasteiger charge is -2.40. The number of benzene rings is 2. The number of nitrogens with zero attached hydrogens (tertiary/aromatic N) is 3. The minimum Gasteiger partial charge on any atom is -0.463 e. The fourth-order valence-corrected chi connectivity index (χ4v) is 6.09. The fraction of sp³-hybridized carbons (Fsp3) is 0.385. The van der Waals surface area contributed by atoms with Crippen LogP contribution in [-0.2, 0) is 19.6 Å². The molecule has 2 aliphatic heterocycles. The van der Waals surface area contributed by atoms with Crippen LogP contribution in [0.4, 0.5) is 9.18 Å². The third-order valence-electron chi connectivity index (χ3n) is 6.54. The summed E-state index contributed by atoms with van der Waals surface area (Å²) in [4.78, 5) is 30.0. The Morgan fingerprint density at radius 2 is 1.68 bits per heavy atom. The number of rotatable bonds is 8. The van der Waals surface area contributed by atoms with Gasteiger partial charge in [-0.1, -0.05) is 30.3 Å². The summed E-state index contributed by atoms with van der Waals surface area (Å²) >= 11 is 0. The Bertz CT molecular complexity index is 1260. The van der Waals surface area contributed by atoms with Gasteiger partial charge in [-0.15, -0.1) is 0 Å². The molecular weight excluding hydrogens is 499 g/mol. The number of nitrogens with one attached hydrogen (secondary N) is 1. The number of sulfonamides is 1. The average Bonchev–Trinajstić information content (AvgIpc) is 2.90. The van der Waals surface area contributed by atoms with Crippen LogP contribution < -0.4 is 5.32 Å². The molecule has 2 aromatic rings. The quantitative estimate of drug-likeness (QED) is 0.527. The standard InChI is InChI=1S/C26H31FN4O5S/c1-3-31-22(18-29-14-16-30(17-15-29)37(34,35)21-8-6-5-7-9-21)23(25(32)36-4-2)24(28-26(31)33)19-10-12-20(27)13-11-19/h5-13,24H,3-4,14-18H2,1-2H3,(H,28,33)/t24-/m0/s1. The summed E-state index contributed by atoms with van der Waals surface area (Å²) in [6, 6.07) is 12.8. The lowest BCUT2D eigenvalue weighted by atomic mass is 9.94. The summed E-state index contributed by atoms with van der Waals surface area (Å²) in [5, 5.41) is 2.85. The van der Waals surface area contributed by atoms with Gasteiger partial charge in [0.2, 0.25) is 10.0 Å². The molecule has 0 aliphatic carbocycles. The van der Waals surface area contributed by atoms with E-state index in [1.807, 2.05) is 11.8 Å². The number of carbonyl (C=O) groups excluding carboxylic acids is 2. The molecule has 4 rings (SSSR count). The third kappa shape index (κ3) is 5.68. The summed E-state index contributed by atoms with van der Waals surface area (Å²) < 4.78 is 46.4. The summed E-state index contributed by atoms with van der Waals surface area (Å²) in [5.74, 6) is -0.984. The summed E-state index contributed by atoms with van der Waals surface area (Å²) in [6.45, 7) is 5.65. The Morgan fingerprint density at radius 1 is 1.03 bits per heavy atom. The van der Waals surface area contributed by atoms with Crippen molar-refractivity contribution in [1.82, 2.24) is 19.4 Å². The second-order valence-electron chi connectivity index (χ2n) is 8.75. The second kappa shape index (κ2) is 11.4. The van der Waals surface area contributed by atoms with Crippen molar-refractivity contribution in [1.29, 1.82) is 0 Å². The third-order valence-corrected chi connectivity index (χ3v) is 8.45. The van der Waals surface area contributed by atoms with Gasteiger partial charge < -0.3 is 10.1 Å². The van der Waals surface area contributed by atoms with Gasteiger partial charge in [-0.3, -0.25) is 9.80 Å². The van der Waals surface area contributed by atoms with Gasteiger partial charge in [0, 0.05) is 45.0 Å². The number of hydrogen-bond acceptors (Lipinski definition) is 6. The monoisotopic (exact) mass is 530 g/mol. The van der Waals surface area contributed by atoms with Gasteiger partial charge >= 0.3 is 12.0 Å². The van der Waals surface area contributed by atoms with E-state index in [1.54, 1.807) is 37.3 Å². The SMILES string of the molecule is CCOC(=O)C1=C(CN2CCN(S(=O)(=O)c3ccccc3)CC2)N(CC)C(=O)N[C@H]1c1ccc(F)cc1. The number of carbonyl (C=O) groups is 2. The number of esters is 1. The number of halogens is 1. The highest BCUT2D eigenvalue weighted by Gasteiger charge is 2.39. The smallest absolute Gasteiger partial charge is 0.338 e. The molecule has 0 bridgehead atoms. The summed E-state index contributed by atoms with van der Waals surface area (Å²) in [5.41, 5.74) is 1.34. The molecule has 2 heterocycles. The topological polar surface area (TPSA) is 99.3 Å². The zero-order valence-electron chi connectivity index (χ0n) is 20.9. The zero-order chi connectivity index (χ0) is 26.6. The van der Waals surface area contributed by atoms with Crippen molar-refractivity contribution in [3.63, 3.8) is 0 Å². The molecule has 9 nitrogen and oxygen atoms in total. The van der Waals surface area contributed by atoms with E-state index >= 15 is 0 Å². The molecule has 1 saturated heterocycles. The van der Waals surface area contributed by atoms with Crippen molar-refractivity contribution < 1.29 is 27.1 Å². The van der Waals surface area contributed by atoms with Crippen molar-refractivity contribution in [3.05, 3.63) is 77.2 Å². The Labute approximate surface area is 216 Å². The van der Waals surface area contributed by atoms with Gasteiger partial charge in [0.1, 0.15) is 5.82 Å². The Hall–Kier alpha value is -3.28. The molecule has 11 heteroatoms. The van der Waals surface area contributed by atoms with E-state index in [-0.39, 0.29) is 42.7 Å². The van der Waals surface area contributed by atoms with Crippen LogP contribution in [-0.4, -0.2) is 80.4 Å². The van der Waals surface area contributed by atoms with Crippen molar-refractivity contribution >= 4 is 22.0 Å². The van der Waals surface area contributed by atoms with Gasteiger partial charge in [-0.2, -0.15) is 4.31 Å². The number of ether oxygens (including phenoxy) is 1. The molecule has 37 heavy (non-hydrogen) atoms. The molecule has 198 valence electrons. The Morgan fingerprint density at radius 3 is 2.27 bits per heavy atom. The molecule has 0 aromatic heterocycles. The Balaban J connectivity index is 1.62. The second-order valence-corrected chi connectivity index (χ2v) is 10.7. The number of urea groups is 1. The molecule has 0 radical (unpaired) electrons. The van der Waals surface area contributed by atoms with E-state index in [1.165, 1.54) is 33.5 Å². The minimum absolute atomic E-state index is 0.155. The summed E-state index contributed by atoms with van der Waals surface area (Å²) in [7, 11) is -3.61. The van der Waals surface area contributed by atoms with Crippen molar-refractivity contribution in [2.45, 2.75) is 24.8 Å². The minimum atomic E-state index is -3.61. The maximum atomic E-state index is 13.6. The van der Waals surface area contributed by atoms with Crippen LogP contribution in [0.15, 0.2) is 70.8 Å². The first-order valence-electron chi connectivity index (χ1n) is 12.3. The van der Waals surface area contributed by atoms with E-state index in [0.29, 0.717) is 30.9 Å². The first-order chi connectivity index (χ1) is 17.8. The van der Waals surface area contributed by atoms with E-state index in [0.717, 1.165) is 0 Å². The van der Waals surface area contributed by atoms with Gasteiger partial charge in [0.25, 0.3) is 0 Å². The molecule has 2 amide bonds. The molecule has 0 spiro atoms. The van der Waals surface area contributed by atoms with Crippen LogP contribution in [0, 0.1) is 5.82 Å². The molecule has 2 aliphatic rings. The number of amides is 2. The molecule has 0 unspecified atom stereocenters. The van der Waals surface area contributed by atoms with Crippen LogP contribution in [0.2, 0.25) is 0 Å². The van der Waals surface area contributed by atoms with E-state index < -0.39 is 27.9 Å². The maximum Gasteiger partial charge on any atom is 0.338 e. The van der Waals surface area contributed by atoms with Crippen LogP contribution in [0.25, 0.3) is 0 Å². The van der Waals surface area contributed by atoms with Gasteiger partial charge in [-0.25, -0.2) is 22.4 Å². The zero-order valence-corrected chi connectivity index (χ0v) is 21.7. The van der Waals surface area contributed by atoms with E-state index in [2.05, 4.69) is 5.32 Å². The maximum absolute atomic E-state index is 13.6. The van der Waals surface area contributed by atoms with Crippen molar-refractivity contribution in [3.8, 4) is 0 Å². The van der Waals surface area contributed by atoms with Crippen LogP contribution in [0.1, 0.15) is 25.5 Å². The van der Waals surface area contributed by atoms with Crippen molar-refractivity contribution in [2.24, 2.45) is 0 Å². The predicted molar refractivity (Wildman–Crippen MR) is 135 cm³/mol. The highest BCUT2D eigenvalue weighted by molar-refractivity contribution is 7.89. The molecule has 2 aromatic carbocycles. The number of hydrogen-bond donors (Lipinski definition) is 1. The number of piperazine rings is 1. The van der Waals surface area contributed by atoms with E-state index in [9.17, 15) is 22.4 Å². The van der Waals surface area contributed by atoms with Crippen LogP contribution in [0.5, 0.6) is 0 Å². The van der Waals surface area contributed by atoms with Gasteiger partial charge in [-0.05, 0) is 43.7 Å². The molecular formula is C26H31FN4O5S. The molecule has 1 N–H and O–H groups in total. The predicted octanol–water partition coefficient (Wildman–Crippen LogP) is 2.74.